The molecule has 1 heterocycles. The number of hydrogen-bond acceptors (Lipinski definition) is 7. The summed E-state index contributed by atoms with van der Waals surface area (Å²) in [6.45, 7) is 3.98. The van der Waals surface area contributed by atoms with E-state index < -0.39 is 5.97 Å². The van der Waals surface area contributed by atoms with Crippen LogP contribution in [0, 0.1) is 5.92 Å². The number of anilines is 1. The van der Waals surface area contributed by atoms with Gasteiger partial charge in [0.2, 0.25) is 5.91 Å². The second kappa shape index (κ2) is 11.5. The Morgan fingerprint density at radius 2 is 1.71 bits per heavy atom. The standard InChI is InChI=1S/C24H27N5O4S/c1-15(2)20(26-22(31)16-10-6-5-7-11-16)21-27-28-24(29(21)3)34-14-19(30)25-18-13-9-8-12-17(18)23(32)33-4/h5-13,15,20H,14H2,1-4H3,(H,25,30)(H,26,31)/t20-/m1/s1. The molecule has 0 aliphatic rings. The van der Waals surface area contributed by atoms with Crippen molar-refractivity contribution in [2.24, 2.45) is 13.0 Å². The Morgan fingerprint density at radius 3 is 2.38 bits per heavy atom. The van der Waals surface area contributed by atoms with Crippen molar-refractivity contribution in [2.45, 2.75) is 25.0 Å². The maximum Gasteiger partial charge on any atom is 0.339 e. The molecule has 0 radical (unpaired) electrons. The van der Waals surface area contributed by atoms with Gasteiger partial charge in [-0.1, -0.05) is 55.9 Å². The zero-order chi connectivity index (χ0) is 24.7. The lowest BCUT2D eigenvalue weighted by atomic mass is 10.0. The first kappa shape index (κ1) is 25.0. The van der Waals surface area contributed by atoms with Crippen molar-refractivity contribution in [1.29, 1.82) is 0 Å². The molecule has 9 nitrogen and oxygen atoms in total. The van der Waals surface area contributed by atoms with Crippen molar-refractivity contribution in [3.63, 3.8) is 0 Å². The summed E-state index contributed by atoms with van der Waals surface area (Å²) < 4.78 is 6.53. The molecule has 0 fully saturated rings. The van der Waals surface area contributed by atoms with Crippen molar-refractivity contribution in [2.75, 3.05) is 18.2 Å². The number of nitrogens with zero attached hydrogens (tertiary/aromatic N) is 3. The van der Waals surface area contributed by atoms with Gasteiger partial charge < -0.3 is 19.9 Å². The first-order valence-electron chi connectivity index (χ1n) is 10.7. The lowest BCUT2D eigenvalue weighted by Crippen LogP contribution is -2.33. The zero-order valence-corrected chi connectivity index (χ0v) is 20.3. The summed E-state index contributed by atoms with van der Waals surface area (Å²) in [4.78, 5) is 37.1. The molecule has 2 N–H and O–H groups in total. The second-order valence-electron chi connectivity index (χ2n) is 7.83. The predicted octanol–water partition coefficient (Wildman–Crippen LogP) is 3.46. The van der Waals surface area contributed by atoms with Crippen LogP contribution in [0.2, 0.25) is 0 Å². The molecule has 0 spiro atoms. The number of para-hydroxylation sites is 1. The van der Waals surface area contributed by atoms with Crippen molar-refractivity contribution in [3.8, 4) is 0 Å². The van der Waals surface area contributed by atoms with Gasteiger partial charge in [0.05, 0.1) is 30.2 Å². The normalized spacial score (nSPS) is 11.7. The molecular formula is C24H27N5O4S. The van der Waals surface area contributed by atoms with Crippen LogP contribution in [0.5, 0.6) is 0 Å². The molecule has 0 unspecified atom stereocenters. The van der Waals surface area contributed by atoms with Gasteiger partial charge in [-0.25, -0.2) is 4.79 Å². The maximum absolute atomic E-state index is 12.7. The topological polar surface area (TPSA) is 115 Å². The van der Waals surface area contributed by atoms with E-state index in [0.29, 0.717) is 22.2 Å². The highest BCUT2D eigenvalue weighted by molar-refractivity contribution is 7.99. The highest BCUT2D eigenvalue weighted by Gasteiger charge is 2.25. The van der Waals surface area contributed by atoms with Crippen LogP contribution in [0.3, 0.4) is 0 Å². The predicted molar refractivity (Wildman–Crippen MR) is 130 cm³/mol. The van der Waals surface area contributed by atoms with Crippen LogP contribution in [0.1, 0.15) is 46.4 Å². The molecule has 2 amide bonds. The molecule has 0 bridgehead atoms. The Bertz CT molecular complexity index is 1160. The van der Waals surface area contributed by atoms with Crippen LogP contribution in [-0.4, -0.2) is 45.4 Å². The SMILES string of the molecule is COC(=O)c1ccccc1NC(=O)CSc1nnc([C@H](NC(=O)c2ccccc2)C(C)C)n1C. The largest absolute Gasteiger partial charge is 0.465 e. The van der Waals surface area contributed by atoms with Crippen molar-refractivity contribution in [3.05, 3.63) is 71.5 Å². The molecule has 2 aromatic carbocycles. The smallest absolute Gasteiger partial charge is 0.339 e. The lowest BCUT2D eigenvalue weighted by molar-refractivity contribution is -0.113. The number of benzene rings is 2. The number of amides is 2. The molecular weight excluding hydrogens is 454 g/mol. The van der Waals surface area contributed by atoms with E-state index in [4.69, 9.17) is 4.74 Å². The van der Waals surface area contributed by atoms with Gasteiger partial charge in [0.1, 0.15) is 0 Å². The van der Waals surface area contributed by atoms with E-state index >= 15 is 0 Å². The third-order valence-corrected chi connectivity index (χ3v) is 6.10. The number of aromatic nitrogens is 3. The Hall–Kier alpha value is -3.66. The first-order chi connectivity index (χ1) is 16.3. The molecule has 10 heteroatoms. The number of carbonyl (C=O) groups excluding carboxylic acids is 3. The van der Waals surface area contributed by atoms with Gasteiger partial charge in [-0.05, 0) is 30.2 Å². The molecule has 0 aliphatic heterocycles. The van der Waals surface area contributed by atoms with Gasteiger partial charge in [-0.2, -0.15) is 0 Å². The first-order valence-corrected chi connectivity index (χ1v) is 11.7. The van der Waals surface area contributed by atoms with E-state index in [1.165, 1.54) is 18.9 Å². The molecule has 0 saturated heterocycles. The summed E-state index contributed by atoms with van der Waals surface area (Å²) >= 11 is 1.21. The van der Waals surface area contributed by atoms with Gasteiger partial charge in [0.15, 0.2) is 11.0 Å². The van der Waals surface area contributed by atoms with E-state index in [1.54, 1.807) is 48.0 Å². The molecule has 0 aliphatic carbocycles. The Labute approximate surface area is 202 Å². The minimum atomic E-state index is -0.529. The highest BCUT2D eigenvalue weighted by atomic mass is 32.2. The number of nitrogens with one attached hydrogen (secondary N) is 2. The summed E-state index contributed by atoms with van der Waals surface area (Å²) in [6.07, 6.45) is 0. The molecule has 34 heavy (non-hydrogen) atoms. The monoisotopic (exact) mass is 481 g/mol. The summed E-state index contributed by atoms with van der Waals surface area (Å²) in [5.41, 5.74) is 1.22. The fraction of sp³-hybridized carbons (Fsp3) is 0.292. The van der Waals surface area contributed by atoms with Gasteiger partial charge in [-0.3, -0.25) is 9.59 Å². The summed E-state index contributed by atoms with van der Waals surface area (Å²) in [7, 11) is 3.08. The molecule has 3 rings (SSSR count). The number of esters is 1. The fourth-order valence-corrected chi connectivity index (χ4v) is 3.98. The van der Waals surface area contributed by atoms with Crippen LogP contribution >= 0.6 is 11.8 Å². The number of thioether (sulfide) groups is 1. The second-order valence-corrected chi connectivity index (χ2v) is 8.78. The third-order valence-electron chi connectivity index (χ3n) is 5.07. The van der Waals surface area contributed by atoms with Crippen LogP contribution in [0.4, 0.5) is 5.69 Å². The molecule has 0 saturated carbocycles. The maximum atomic E-state index is 12.7. The van der Waals surface area contributed by atoms with Crippen LogP contribution in [0.15, 0.2) is 59.8 Å². The summed E-state index contributed by atoms with van der Waals surface area (Å²) in [5, 5.41) is 14.8. The van der Waals surface area contributed by atoms with Gasteiger partial charge in [-0.15, -0.1) is 10.2 Å². The summed E-state index contributed by atoms with van der Waals surface area (Å²) in [6, 6.07) is 15.3. The summed E-state index contributed by atoms with van der Waals surface area (Å²) in [5.74, 6) is -0.308. The van der Waals surface area contributed by atoms with E-state index in [9.17, 15) is 14.4 Å². The number of ether oxygens (including phenoxy) is 1. The molecule has 1 atom stereocenters. The van der Waals surface area contributed by atoms with E-state index in [1.807, 2.05) is 32.0 Å². The molecule has 178 valence electrons. The average Bonchev–Trinajstić information content (AvgIpc) is 3.21. The zero-order valence-electron chi connectivity index (χ0n) is 19.4. The lowest BCUT2D eigenvalue weighted by Gasteiger charge is -2.21. The van der Waals surface area contributed by atoms with Crippen molar-refractivity contribution < 1.29 is 19.1 Å². The Kier molecular flexibility index (Phi) is 8.42. The van der Waals surface area contributed by atoms with Crippen LogP contribution < -0.4 is 10.6 Å². The highest BCUT2D eigenvalue weighted by Crippen LogP contribution is 2.25. The van der Waals surface area contributed by atoms with E-state index in [-0.39, 0.29) is 35.1 Å². The molecule has 3 aromatic rings. The third kappa shape index (κ3) is 6.02. The van der Waals surface area contributed by atoms with Crippen LogP contribution in [-0.2, 0) is 16.6 Å². The minimum Gasteiger partial charge on any atom is -0.465 e. The van der Waals surface area contributed by atoms with Crippen molar-refractivity contribution in [1.82, 2.24) is 20.1 Å². The van der Waals surface area contributed by atoms with E-state index in [2.05, 4.69) is 20.8 Å². The van der Waals surface area contributed by atoms with E-state index in [0.717, 1.165) is 0 Å². The Morgan fingerprint density at radius 1 is 1.03 bits per heavy atom. The quantitative estimate of drug-likeness (QED) is 0.355. The van der Waals surface area contributed by atoms with Gasteiger partial charge in [0, 0.05) is 12.6 Å². The number of methoxy groups -OCH3 is 1. The number of rotatable bonds is 9. The number of carbonyl (C=O) groups is 3. The van der Waals surface area contributed by atoms with Gasteiger partial charge >= 0.3 is 5.97 Å². The Balaban J connectivity index is 1.67. The minimum absolute atomic E-state index is 0.0597. The van der Waals surface area contributed by atoms with Crippen LogP contribution in [0.25, 0.3) is 0 Å². The molecule has 1 aromatic heterocycles. The van der Waals surface area contributed by atoms with Crippen molar-refractivity contribution >= 4 is 35.2 Å². The average molecular weight is 482 g/mol. The van der Waals surface area contributed by atoms with Gasteiger partial charge in [0.25, 0.3) is 5.91 Å². The number of hydrogen-bond donors (Lipinski definition) is 2. The fourth-order valence-electron chi connectivity index (χ4n) is 3.26.